The summed E-state index contributed by atoms with van der Waals surface area (Å²) in [4.78, 5) is 0. The number of fused-ring (bicyclic) bond motifs is 1. The van der Waals surface area contributed by atoms with E-state index in [2.05, 4.69) is 52.1 Å². The monoisotopic (exact) mass is 394 g/mol. The van der Waals surface area contributed by atoms with Crippen molar-refractivity contribution in [2.24, 2.45) is 0 Å². The van der Waals surface area contributed by atoms with Gasteiger partial charge in [0.1, 0.15) is 0 Å². The highest BCUT2D eigenvalue weighted by Gasteiger charge is 2.24. The van der Waals surface area contributed by atoms with Crippen molar-refractivity contribution in [2.45, 2.75) is 20.8 Å². The van der Waals surface area contributed by atoms with Gasteiger partial charge in [0.25, 0.3) is 0 Å². The van der Waals surface area contributed by atoms with Gasteiger partial charge in [-0.3, -0.25) is 0 Å². The summed E-state index contributed by atoms with van der Waals surface area (Å²) in [6, 6.07) is 22.1. The molecule has 1 aromatic heterocycles. The van der Waals surface area contributed by atoms with Crippen LogP contribution in [-0.4, -0.2) is 0 Å². The minimum absolute atomic E-state index is 0.757. The summed E-state index contributed by atoms with van der Waals surface area (Å²) in [6.45, 7) is 14.4. The molecular formula is C28H28NO+. The van der Waals surface area contributed by atoms with Crippen molar-refractivity contribution < 1.29 is 4.42 Å². The van der Waals surface area contributed by atoms with Crippen molar-refractivity contribution in [2.75, 3.05) is 5.73 Å². The van der Waals surface area contributed by atoms with Crippen molar-refractivity contribution >= 4 is 28.8 Å². The number of para-hydroxylation sites is 2. The van der Waals surface area contributed by atoms with E-state index in [1.165, 1.54) is 27.8 Å². The van der Waals surface area contributed by atoms with E-state index < -0.39 is 0 Å². The third-order valence-corrected chi connectivity index (χ3v) is 5.03. The molecule has 0 saturated carbocycles. The van der Waals surface area contributed by atoms with Crippen molar-refractivity contribution in [3.05, 3.63) is 108 Å². The maximum absolute atomic E-state index is 6.01. The lowest BCUT2D eigenvalue weighted by molar-refractivity contribution is 0.591. The molecule has 1 heterocycles. The zero-order valence-corrected chi connectivity index (χ0v) is 17.9. The van der Waals surface area contributed by atoms with Gasteiger partial charge in [0.2, 0.25) is 0 Å². The van der Waals surface area contributed by atoms with Crippen LogP contribution in [0.15, 0.2) is 84.3 Å². The number of nitrogens with two attached hydrogens (primary N) is 1. The van der Waals surface area contributed by atoms with Gasteiger partial charge in [0, 0.05) is 23.4 Å². The van der Waals surface area contributed by atoms with Crippen molar-refractivity contribution in [3.8, 4) is 11.1 Å². The summed E-state index contributed by atoms with van der Waals surface area (Å²) in [6.07, 6.45) is 3.62. The summed E-state index contributed by atoms with van der Waals surface area (Å²) in [5.41, 5.74) is 14.3. The molecule has 0 atom stereocenters. The van der Waals surface area contributed by atoms with Crippen LogP contribution >= 0.6 is 0 Å². The Kier molecular flexibility index (Phi) is 6.48. The maximum atomic E-state index is 6.01. The van der Waals surface area contributed by atoms with Crippen LogP contribution in [0.1, 0.15) is 28.0 Å². The molecule has 0 saturated heterocycles. The van der Waals surface area contributed by atoms with Gasteiger partial charge in [0.05, 0.1) is 10.9 Å². The van der Waals surface area contributed by atoms with Gasteiger partial charge in [-0.2, -0.15) is 0 Å². The van der Waals surface area contributed by atoms with E-state index in [9.17, 15) is 0 Å². The van der Waals surface area contributed by atoms with Crippen LogP contribution in [0.2, 0.25) is 0 Å². The standard InChI is InChI=1S/C22H21O.C6H7N/c1-6-17-19(7-2)23-20-11-9-8-10-18(20)22(17)21-15(4)12-14(3)13-16(21)5;7-6-4-2-1-3-5-6/h6-13H,1-2H2,3-5H3;1-5H,7H2/q+1;. The molecule has 0 aliphatic heterocycles. The molecule has 4 aromatic rings. The zero-order chi connectivity index (χ0) is 21.7. The second-order valence-corrected chi connectivity index (χ2v) is 7.34. The molecule has 4 rings (SSSR count). The SMILES string of the molecule is C=Cc1[o+]c2ccccc2c(-c2c(C)cc(C)cc2C)c1C=C.Nc1ccccc1. The fourth-order valence-electron chi connectivity index (χ4n) is 3.85. The van der Waals surface area contributed by atoms with Crippen LogP contribution < -0.4 is 5.73 Å². The molecule has 150 valence electrons. The van der Waals surface area contributed by atoms with E-state index in [4.69, 9.17) is 10.2 Å². The number of rotatable bonds is 3. The molecule has 2 heteroatoms. The third-order valence-electron chi connectivity index (χ3n) is 5.03. The van der Waals surface area contributed by atoms with E-state index in [-0.39, 0.29) is 0 Å². The molecule has 0 aliphatic carbocycles. The third kappa shape index (κ3) is 4.33. The smallest absolute Gasteiger partial charge is 0.361 e. The highest BCUT2D eigenvalue weighted by atomic mass is 16.3. The van der Waals surface area contributed by atoms with Crippen LogP contribution in [-0.2, 0) is 0 Å². The minimum atomic E-state index is 0.757. The Hall–Kier alpha value is -3.65. The summed E-state index contributed by atoms with van der Waals surface area (Å²) < 4.78 is 6.01. The van der Waals surface area contributed by atoms with Gasteiger partial charge < -0.3 is 5.73 Å². The van der Waals surface area contributed by atoms with Crippen molar-refractivity contribution in [1.82, 2.24) is 0 Å². The summed E-state index contributed by atoms with van der Waals surface area (Å²) in [5, 5.41) is 1.10. The van der Waals surface area contributed by atoms with Crippen molar-refractivity contribution in [3.63, 3.8) is 0 Å². The molecule has 2 N–H and O–H groups in total. The lowest BCUT2D eigenvalue weighted by Gasteiger charge is -2.14. The lowest BCUT2D eigenvalue weighted by Crippen LogP contribution is -1.96. The predicted octanol–water partition coefficient (Wildman–Crippen LogP) is 7.86. The molecule has 30 heavy (non-hydrogen) atoms. The second kappa shape index (κ2) is 9.23. The van der Waals surface area contributed by atoms with Crippen LogP contribution in [0.4, 0.5) is 5.69 Å². The van der Waals surface area contributed by atoms with Gasteiger partial charge in [-0.1, -0.05) is 67.3 Å². The molecule has 0 spiro atoms. The first-order chi connectivity index (χ1) is 14.5. The van der Waals surface area contributed by atoms with E-state index in [1.54, 1.807) is 6.08 Å². The number of nitrogen functional groups attached to an aromatic ring is 1. The fraction of sp³-hybridized carbons (Fsp3) is 0.107. The average molecular weight is 395 g/mol. The highest BCUT2D eigenvalue weighted by molar-refractivity contribution is 6.00. The topological polar surface area (TPSA) is 37.3 Å². The zero-order valence-electron chi connectivity index (χ0n) is 17.9. The van der Waals surface area contributed by atoms with Crippen LogP contribution in [0.25, 0.3) is 34.2 Å². The Bertz CT molecular complexity index is 1180. The fourth-order valence-corrected chi connectivity index (χ4v) is 3.85. The highest BCUT2D eigenvalue weighted by Crippen LogP contribution is 2.39. The van der Waals surface area contributed by atoms with Crippen LogP contribution in [0, 0.1) is 20.8 Å². The largest absolute Gasteiger partial charge is 0.399 e. The molecule has 0 amide bonds. The summed E-state index contributed by atoms with van der Waals surface area (Å²) >= 11 is 0. The van der Waals surface area contributed by atoms with Gasteiger partial charge in [-0.05, 0) is 55.7 Å². The van der Waals surface area contributed by atoms with E-state index in [0.29, 0.717) is 0 Å². The number of aryl methyl sites for hydroxylation is 3. The Morgan fingerprint density at radius 3 is 1.90 bits per heavy atom. The second-order valence-electron chi connectivity index (χ2n) is 7.34. The average Bonchev–Trinajstić information content (AvgIpc) is 2.73. The molecule has 3 aromatic carbocycles. The van der Waals surface area contributed by atoms with Crippen LogP contribution in [0.3, 0.4) is 0 Å². The molecular weight excluding hydrogens is 366 g/mol. The Morgan fingerprint density at radius 2 is 1.37 bits per heavy atom. The molecule has 0 unspecified atom stereocenters. The molecule has 0 bridgehead atoms. The first kappa shape index (κ1) is 21.1. The van der Waals surface area contributed by atoms with Crippen molar-refractivity contribution in [1.29, 1.82) is 0 Å². The quantitative estimate of drug-likeness (QED) is 0.284. The lowest BCUT2D eigenvalue weighted by atomic mass is 9.88. The van der Waals surface area contributed by atoms with E-state index in [0.717, 1.165) is 28.0 Å². The molecule has 2 nitrogen and oxygen atoms in total. The van der Waals surface area contributed by atoms with Gasteiger partial charge in [-0.15, -0.1) is 0 Å². The Morgan fingerprint density at radius 1 is 0.767 bits per heavy atom. The van der Waals surface area contributed by atoms with Gasteiger partial charge in [0.15, 0.2) is 0 Å². The number of anilines is 1. The summed E-state index contributed by atoms with van der Waals surface area (Å²) in [7, 11) is 0. The normalized spacial score (nSPS) is 10.2. The molecule has 0 radical (unpaired) electrons. The predicted molar refractivity (Wildman–Crippen MR) is 131 cm³/mol. The minimum Gasteiger partial charge on any atom is -0.399 e. The Labute approximate surface area is 179 Å². The molecule has 0 fully saturated rings. The molecule has 0 aliphatic rings. The number of hydrogen-bond donors (Lipinski definition) is 1. The van der Waals surface area contributed by atoms with E-state index in [1.807, 2.05) is 54.6 Å². The maximum Gasteiger partial charge on any atom is 0.361 e. The van der Waals surface area contributed by atoms with E-state index >= 15 is 0 Å². The first-order valence-electron chi connectivity index (χ1n) is 9.98. The number of hydrogen-bond acceptors (Lipinski definition) is 1. The Balaban J connectivity index is 0.000000310. The first-order valence-corrected chi connectivity index (χ1v) is 9.98. The van der Waals surface area contributed by atoms with Gasteiger partial charge in [-0.25, -0.2) is 4.42 Å². The summed E-state index contributed by atoms with van der Waals surface area (Å²) in [5.74, 6) is 0.757. The number of benzene rings is 3. The van der Waals surface area contributed by atoms with Gasteiger partial charge >= 0.3 is 11.3 Å². The van der Waals surface area contributed by atoms with Crippen LogP contribution in [0.5, 0.6) is 0 Å².